The number of nitrogens with zero attached hydrogens (tertiary/aromatic N) is 1. The molecule has 0 fully saturated rings. The van der Waals surface area contributed by atoms with Crippen LogP contribution >= 0.6 is 15.9 Å². The van der Waals surface area contributed by atoms with Crippen molar-refractivity contribution in [3.05, 3.63) is 34.1 Å². The van der Waals surface area contributed by atoms with E-state index in [0.29, 0.717) is 21.5 Å². The molecule has 0 aliphatic carbocycles. The van der Waals surface area contributed by atoms with Crippen molar-refractivity contribution >= 4 is 21.7 Å². The Balaban J connectivity index is 2.61. The number of aromatic nitrogens is 2. The number of rotatable bonds is 2. The van der Waals surface area contributed by atoms with E-state index >= 15 is 0 Å². The van der Waals surface area contributed by atoms with Crippen molar-refractivity contribution in [2.24, 2.45) is 0 Å². The Morgan fingerprint density at radius 3 is 2.71 bits per heavy atom. The highest BCUT2D eigenvalue weighted by atomic mass is 79.9. The summed E-state index contributed by atoms with van der Waals surface area (Å²) in [4.78, 5) is 0. The zero-order valence-corrected chi connectivity index (χ0v) is 11.2. The molecular weight excluding hydrogens is 285 g/mol. The number of aromatic amines is 1. The lowest BCUT2D eigenvalue weighted by Crippen LogP contribution is -1.96. The van der Waals surface area contributed by atoms with Crippen LogP contribution in [-0.4, -0.2) is 10.2 Å². The second kappa shape index (κ2) is 4.49. The number of nitrogens with one attached hydrogen (secondary N) is 1. The molecule has 3 N–H and O–H groups in total. The van der Waals surface area contributed by atoms with E-state index in [1.807, 2.05) is 13.8 Å². The van der Waals surface area contributed by atoms with Crippen LogP contribution in [-0.2, 0) is 0 Å². The molecule has 0 amide bonds. The smallest absolute Gasteiger partial charge is 0.149 e. The summed E-state index contributed by atoms with van der Waals surface area (Å²) in [6, 6.07) is 4.92. The van der Waals surface area contributed by atoms with Gasteiger partial charge in [-0.3, -0.25) is 5.10 Å². The summed E-state index contributed by atoms with van der Waals surface area (Å²) in [7, 11) is 0. The number of nitrogen functional groups attached to an aromatic ring is 1. The number of hydrogen-bond acceptors (Lipinski definition) is 2. The van der Waals surface area contributed by atoms with Crippen LogP contribution in [0.25, 0.3) is 11.3 Å². The average Bonchev–Trinajstić information content (AvgIpc) is 2.60. The maximum Gasteiger partial charge on any atom is 0.149 e. The molecule has 0 atom stereocenters. The molecule has 0 saturated heterocycles. The van der Waals surface area contributed by atoms with Gasteiger partial charge in [-0.15, -0.1) is 0 Å². The van der Waals surface area contributed by atoms with Crippen molar-refractivity contribution < 1.29 is 4.39 Å². The van der Waals surface area contributed by atoms with Gasteiger partial charge in [-0.2, -0.15) is 5.10 Å². The third kappa shape index (κ3) is 2.20. The molecule has 17 heavy (non-hydrogen) atoms. The van der Waals surface area contributed by atoms with Gasteiger partial charge in [0.2, 0.25) is 0 Å². The summed E-state index contributed by atoms with van der Waals surface area (Å²) >= 11 is 3.23. The molecule has 3 nitrogen and oxygen atoms in total. The van der Waals surface area contributed by atoms with E-state index in [1.54, 1.807) is 12.1 Å². The molecule has 0 bridgehead atoms. The van der Waals surface area contributed by atoms with Gasteiger partial charge in [0.1, 0.15) is 11.6 Å². The summed E-state index contributed by atoms with van der Waals surface area (Å²) in [5.74, 6) is 0.314. The predicted octanol–water partition coefficient (Wildman–Crippen LogP) is 3.68. The van der Waals surface area contributed by atoms with Gasteiger partial charge < -0.3 is 5.73 Å². The summed E-state index contributed by atoms with van der Waals surface area (Å²) in [5, 5.41) is 6.75. The number of anilines is 1. The molecule has 0 radical (unpaired) electrons. The first kappa shape index (κ1) is 12.1. The maximum absolute atomic E-state index is 13.9. The molecule has 1 aromatic carbocycles. The quantitative estimate of drug-likeness (QED) is 0.888. The molecular formula is C12H13BrFN3. The largest absolute Gasteiger partial charge is 0.382 e. The Morgan fingerprint density at radius 2 is 2.12 bits per heavy atom. The second-order valence-corrected chi connectivity index (χ2v) is 5.09. The number of benzene rings is 1. The van der Waals surface area contributed by atoms with E-state index in [0.717, 1.165) is 5.56 Å². The Kier molecular flexibility index (Phi) is 3.19. The topological polar surface area (TPSA) is 54.7 Å². The first-order valence-corrected chi connectivity index (χ1v) is 6.09. The van der Waals surface area contributed by atoms with Gasteiger partial charge >= 0.3 is 0 Å². The number of hydrogen-bond donors (Lipinski definition) is 2. The number of H-pyrrole nitrogens is 1. The van der Waals surface area contributed by atoms with E-state index < -0.39 is 0 Å². The van der Waals surface area contributed by atoms with E-state index in [4.69, 9.17) is 5.73 Å². The van der Waals surface area contributed by atoms with E-state index in [9.17, 15) is 4.39 Å². The third-order valence-corrected chi connectivity index (χ3v) is 3.10. The first-order valence-electron chi connectivity index (χ1n) is 5.30. The molecule has 1 aromatic heterocycles. The predicted molar refractivity (Wildman–Crippen MR) is 70.2 cm³/mol. The molecule has 90 valence electrons. The second-order valence-electron chi connectivity index (χ2n) is 4.18. The molecule has 0 aliphatic rings. The Bertz CT molecular complexity index is 549. The van der Waals surface area contributed by atoms with Crippen molar-refractivity contribution in [3.8, 4) is 11.3 Å². The minimum Gasteiger partial charge on any atom is -0.382 e. The Morgan fingerprint density at radius 1 is 1.41 bits per heavy atom. The number of halogens is 2. The Labute approximate surface area is 107 Å². The number of nitrogens with two attached hydrogens (primary N) is 1. The maximum atomic E-state index is 13.9. The average molecular weight is 298 g/mol. The van der Waals surface area contributed by atoms with Crippen LogP contribution in [0.5, 0.6) is 0 Å². The monoisotopic (exact) mass is 297 g/mol. The summed E-state index contributed by atoms with van der Waals surface area (Å²) < 4.78 is 14.6. The van der Waals surface area contributed by atoms with Crippen LogP contribution in [0.2, 0.25) is 0 Å². The summed E-state index contributed by atoms with van der Waals surface area (Å²) in [6.45, 7) is 4.00. The van der Waals surface area contributed by atoms with Crippen molar-refractivity contribution in [2.75, 3.05) is 5.73 Å². The fourth-order valence-electron chi connectivity index (χ4n) is 1.85. The minimum atomic E-state index is -0.301. The Hall–Kier alpha value is -1.36. The third-order valence-electron chi connectivity index (χ3n) is 2.61. The van der Waals surface area contributed by atoms with Gasteiger partial charge in [0.05, 0.1) is 5.69 Å². The molecule has 0 unspecified atom stereocenters. The van der Waals surface area contributed by atoms with Crippen LogP contribution < -0.4 is 5.73 Å². The van der Waals surface area contributed by atoms with E-state index in [1.165, 1.54) is 6.07 Å². The fraction of sp³-hybridized carbons (Fsp3) is 0.250. The zero-order valence-electron chi connectivity index (χ0n) is 9.59. The molecule has 0 saturated carbocycles. The van der Waals surface area contributed by atoms with E-state index in [-0.39, 0.29) is 11.7 Å². The highest BCUT2D eigenvalue weighted by molar-refractivity contribution is 9.10. The lowest BCUT2D eigenvalue weighted by molar-refractivity contribution is 0.629. The lowest BCUT2D eigenvalue weighted by atomic mass is 9.98. The summed E-state index contributed by atoms with van der Waals surface area (Å²) in [5.41, 5.74) is 7.78. The van der Waals surface area contributed by atoms with Crippen LogP contribution in [0.3, 0.4) is 0 Å². The van der Waals surface area contributed by atoms with Gasteiger partial charge in [0.25, 0.3) is 0 Å². The highest BCUT2D eigenvalue weighted by Gasteiger charge is 2.18. The first-order chi connectivity index (χ1) is 8.00. The van der Waals surface area contributed by atoms with Crippen LogP contribution in [0.15, 0.2) is 22.7 Å². The van der Waals surface area contributed by atoms with Gasteiger partial charge in [-0.25, -0.2) is 4.39 Å². The summed E-state index contributed by atoms with van der Waals surface area (Å²) in [6.07, 6.45) is 0. The molecule has 2 aromatic rings. The van der Waals surface area contributed by atoms with Crippen molar-refractivity contribution in [1.29, 1.82) is 0 Å². The van der Waals surface area contributed by atoms with Gasteiger partial charge in [0, 0.05) is 15.6 Å². The SMILES string of the molecule is CC(C)c1c(N)n[nH]c1-c1ccc(Br)cc1F. The normalized spacial score (nSPS) is 11.1. The molecule has 0 spiro atoms. The van der Waals surface area contributed by atoms with Crippen LogP contribution in [0.1, 0.15) is 25.3 Å². The standard InChI is InChI=1S/C12H13BrFN3/c1-6(2)10-11(16-17-12(10)15)8-4-3-7(13)5-9(8)14/h3-6H,1-2H3,(H3,15,16,17). The van der Waals surface area contributed by atoms with Gasteiger partial charge in [0.15, 0.2) is 0 Å². The molecule has 2 rings (SSSR count). The van der Waals surface area contributed by atoms with Gasteiger partial charge in [-0.1, -0.05) is 29.8 Å². The zero-order chi connectivity index (χ0) is 12.6. The fourth-order valence-corrected chi connectivity index (χ4v) is 2.18. The van der Waals surface area contributed by atoms with Crippen molar-refractivity contribution in [2.45, 2.75) is 19.8 Å². The van der Waals surface area contributed by atoms with Crippen molar-refractivity contribution in [1.82, 2.24) is 10.2 Å². The van der Waals surface area contributed by atoms with Crippen molar-refractivity contribution in [3.63, 3.8) is 0 Å². The molecule has 1 heterocycles. The van der Waals surface area contributed by atoms with Crippen LogP contribution in [0, 0.1) is 5.82 Å². The van der Waals surface area contributed by atoms with Crippen LogP contribution in [0.4, 0.5) is 10.2 Å². The molecule has 5 heteroatoms. The van der Waals surface area contributed by atoms with E-state index in [2.05, 4.69) is 26.1 Å². The minimum absolute atomic E-state index is 0.187. The lowest BCUT2D eigenvalue weighted by Gasteiger charge is -2.08. The highest BCUT2D eigenvalue weighted by Crippen LogP contribution is 2.33. The van der Waals surface area contributed by atoms with Gasteiger partial charge in [-0.05, 0) is 24.1 Å². The molecule has 0 aliphatic heterocycles.